The molecule has 1 N–H and O–H groups in total. The lowest BCUT2D eigenvalue weighted by Crippen LogP contribution is -2.24. The summed E-state index contributed by atoms with van der Waals surface area (Å²) in [4.78, 5) is 11.5. The number of aryl methyl sites for hydroxylation is 1. The molecule has 0 atom stereocenters. The van der Waals surface area contributed by atoms with Crippen molar-refractivity contribution < 1.29 is 13.9 Å². The van der Waals surface area contributed by atoms with Gasteiger partial charge in [-0.3, -0.25) is 0 Å². The largest absolute Gasteiger partial charge is 0.445 e. The van der Waals surface area contributed by atoms with E-state index in [1.54, 1.807) is 12.1 Å². The van der Waals surface area contributed by atoms with Gasteiger partial charge in [-0.1, -0.05) is 54.6 Å². The third kappa shape index (κ3) is 5.58. The summed E-state index contributed by atoms with van der Waals surface area (Å²) in [7, 11) is 0. The molecule has 0 aromatic heterocycles. The highest BCUT2D eigenvalue weighted by molar-refractivity contribution is 5.67. The van der Waals surface area contributed by atoms with Gasteiger partial charge in [-0.2, -0.15) is 0 Å². The van der Waals surface area contributed by atoms with Gasteiger partial charge in [0.25, 0.3) is 0 Å². The number of rotatable bonds is 6. The van der Waals surface area contributed by atoms with E-state index in [1.165, 1.54) is 6.07 Å². The lowest BCUT2D eigenvalue weighted by Gasteiger charge is -2.06. The van der Waals surface area contributed by atoms with Crippen LogP contribution < -0.4 is 5.32 Å². The van der Waals surface area contributed by atoms with Gasteiger partial charge in [0.05, 0.1) is 0 Å². The number of halogens is 1. The molecule has 0 spiro atoms. The number of amides is 1. The van der Waals surface area contributed by atoms with Crippen molar-refractivity contribution in [1.29, 1.82) is 0 Å². The number of carbonyl (C=O) groups is 1. The topological polar surface area (TPSA) is 38.3 Å². The maximum absolute atomic E-state index is 13.6. The number of carbonyl (C=O) groups excluding carboxylic acids is 1. The number of nitrogens with one attached hydrogen (secondary N) is 1. The van der Waals surface area contributed by atoms with Gasteiger partial charge in [0.15, 0.2) is 0 Å². The average molecular weight is 313 g/mol. The fraction of sp³-hybridized carbons (Fsp3) is 0.211. The van der Waals surface area contributed by atoms with E-state index in [9.17, 15) is 9.18 Å². The highest BCUT2D eigenvalue weighted by Gasteiger charge is 2.02. The zero-order valence-corrected chi connectivity index (χ0v) is 13.1. The number of benzene rings is 2. The number of hydrogen-bond acceptors (Lipinski definition) is 2. The van der Waals surface area contributed by atoms with Crippen LogP contribution >= 0.6 is 0 Å². The zero-order chi connectivity index (χ0) is 16.5. The molecule has 0 bridgehead atoms. The third-order valence-corrected chi connectivity index (χ3v) is 3.35. The lowest BCUT2D eigenvalue weighted by atomic mass is 10.1. The van der Waals surface area contributed by atoms with Gasteiger partial charge in [-0.05, 0) is 30.5 Å². The molecule has 3 nitrogen and oxygen atoms in total. The molecule has 0 saturated heterocycles. The van der Waals surface area contributed by atoms with E-state index < -0.39 is 6.09 Å². The van der Waals surface area contributed by atoms with Crippen LogP contribution in [0.3, 0.4) is 0 Å². The number of hydrogen-bond donors (Lipinski definition) is 1. The standard InChI is InChI=1S/C19H20FNO2/c1-15-8-7-12-18(20)17(15)11-5-6-13-21-19(22)23-14-16-9-3-2-4-10-16/h2-5,7-12H,6,13-14H2,1H3,(H,21,22). The number of ether oxygens (including phenoxy) is 1. The van der Waals surface area contributed by atoms with Crippen molar-refractivity contribution in [2.24, 2.45) is 0 Å². The first-order valence-corrected chi connectivity index (χ1v) is 7.53. The molecule has 1 amide bonds. The van der Waals surface area contributed by atoms with Crippen molar-refractivity contribution in [3.8, 4) is 0 Å². The second-order valence-corrected chi connectivity index (χ2v) is 5.15. The molecule has 0 aliphatic heterocycles. The van der Waals surface area contributed by atoms with Gasteiger partial charge in [0, 0.05) is 12.1 Å². The molecule has 0 aliphatic carbocycles. The Balaban J connectivity index is 1.69. The SMILES string of the molecule is Cc1cccc(F)c1C=CCCNC(=O)OCc1ccccc1. The summed E-state index contributed by atoms with van der Waals surface area (Å²) in [6.07, 6.45) is 3.72. The highest BCUT2D eigenvalue weighted by atomic mass is 19.1. The predicted molar refractivity (Wildman–Crippen MR) is 89.4 cm³/mol. The van der Waals surface area contributed by atoms with E-state index in [0.717, 1.165) is 11.1 Å². The Labute approximate surface area is 135 Å². The Bertz CT molecular complexity index is 648. The van der Waals surface area contributed by atoms with E-state index in [2.05, 4.69) is 5.32 Å². The van der Waals surface area contributed by atoms with E-state index in [-0.39, 0.29) is 12.4 Å². The number of alkyl carbamates (subject to hydrolysis) is 1. The molecule has 2 aromatic rings. The summed E-state index contributed by atoms with van der Waals surface area (Å²) in [5, 5.41) is 2.66. The van der Waals surface area contributed by atoms with Crippen LogP contribution in [0.2, 0.25) is 0 Å². The maximum Gasteiger partial charge on any atom is 0.407 e. The third-order valence-electron chi connectivity index (χ3n) is 3.35. The molecule has 2 rings (SSSR count). The Morgan fingerprint density at radius 3 is 2.70 bits per heavy atom. The van der Waals surface area contributed by atoms with Crippen molar-refractivity contribution in [3.05, 3.63) is 77.1 Å². The van der Waals surface area contributed by atoms with Crippen LogP contribution in [-0.4, -0.2) is 12.6 Å². The molecule has 0 heterocycles. The van der Waals surface area contributed by atoms with Crippen molar-refractivity contribution >= 4 is 12.2 Å². The Morgan fingerprint density at radius 2 is 1.96 bits per heavy atom. The van der Waals surface area contributed by atoms with Crippen molar-refractivity contribution in [1.82, 2.24) is 5.32 Å². The van der Waals surface area contributed by atoms with Crippen LogP contribution in [0.4, 0.5) is 9.18 Å². The van der Waals surface area contributed by atoms with Crippen LogP contribution in [0.1, 0.15) is 23.1 Å². The molecule has 2 aromatic carbocycles. The minimum atomic E-state index is -0.454. The lowest BCUT2D eigenvalue weighted by molar-refractivity contribution is 0.140. The van der Waals surface area contributed by atoms with Crippen LogP contribution in [0.5, 0.6) is 0 Å². The molecule has 0 radical (unpaired) electrons. The fourth-order valence-electron chi connectivity index (χ4n) is 2.09. The second-order valence-electron chi connectivity index (χ2n) is 5.15. The summed E-state index contributed by atoms with van der Waals surface area (Å²) >= 11 is 0. The normalized spacial score (nSPS) is 10.7. The molecule has 0 aliphatic rings. The van der Waals surface area contributed by atoms with Crippen LogP contribution in [0.15, 0.2) is 54.6 Å². The van der Waals surface area contributed by atoms with E-state index in [0.29, 0.717) is 18.5 Å². The van der Waals surface area contributed by atoms with Crippen molar-refractivity contribution in [3.63, 3.8) is 0 Å². The zero-order valence-electron chi connectivity index (χ0n) is 13.1. The monoisotopic (exact) mass is 313 g/mol. The molecule has 120 valence electrons. The van der Waals surface area contributed by atoms with E-state index in [1.807, 2.05) is 49.4 Å². The minimum absolute atomic E-state index is 0.239. The Morgan fingerprint density at radius 1 is 1.17 bits per heavy atom. The summed E-state index contributed by atoms with van der Waals surface area (Å²) in [5.41, 5.74) is 2.41. The second kappa shape index (κ2) is 8.73. The van der Waals surface area contributed by atoms with Crippen molar-refractivity contribution in [2.75, 3.05) is 6.54 Å². The van der Waals surface area contributed by atoms with Crippen LogP contribution in [-0.2, 0) is 11.3 Å². The summed E-state index contributed by atoms with van der Waals surface area (Å²) in [6.45, 7) is 2.55. The van der Waals surface area contributed by atoms with Crippen LogP contribution in [0.25, 0.3) is 6.08 Å². The van der Waals surface area contributed by atoms with Gasteiger partial charge in [-0.15, -0.1) is 0 Å². The summed E-state index contributed by atoms with van der Waals surface area (Å²) in [5.74, 6) is -0.239. The Kier molecular flexibility index (Phi) is 6.36. The smallest absolute Gasteiger partial charge is 0.407 e. The fourth-order valence-corrected chi connectivity index (χ4v) is 2.09. The molecule has 0 saturated carbocycles. The highest BCUT2D eigenvalue weighted by Crippen LogP contribution is 2.14. The first-order chi connectivity index (χ1) is 11.2. The van der Waals surface area contributed by atoms with Crippen LogP contribution in [0, 0.1) is 12.7 Å². The molecular formula is C19H20FNO2. The molecular weight excluding hydrogens is 293 g/mol. The molecule has 23 heavy (non-hydrogen) atoms. The quantitative estimate of drug-likeness (QED) is 0.799. The van der Waals surface area contributed by atoms with Gasteiger partial charge < -0.3 is 10.1 Å². The van der Waals surface area contributed by atoms with E-state index >= 15 is 0 Å². The summed E-state index contributed by atoms with van der Waals surface area (Å²) in [6, 6.07) is 14.5. The minimum Gasteiger partial charge on any atom is -0.445 e. The van der Waals surface area contributed by atoms with Crippen molar-refractivity contribution in [2.45, 2.75) is 20.0 Å². The maximum atomic E-state index is 13.6. The van der Waals surface area contributed by atoms with Gasteiger partial charge >= 0.3 is 6.09 Å². The summed E-state index contributed by atoms with van der Waals surface area (Å²) < 4.78 is 18.7. The molecule has 0 fully saturated rings. The first-order valence-electron chi connectivity index (χ1n) is 7.53. The first kappa shape index (κ1) is 16.7. The average Bonchev–Trinajstić information content (AvgIpc) is 2.56. The predicted octanol–water partition coefficient (Wildman–Crippen LogP) is 4.46. The van der Waals surface area contributed by atoms with Gasteiger partial charge in [0.1, 0.15) is 12.4 Å². The Hall–Kier alpha value is -2.62. The van der Waals surface area contributed by atoms with Gasteiger partial charge in [0.2, 0.25) is 0 Å². The molecule has 0 unspecified atom stereocenters. The molecule has 4 heteroatoms. The van der Waals surface area contributed by atoms with E-state index in [4.69, 9.17) is 4.74 Å². The van der Waals surface area contributed by atoms with Gasteiger partial charge in [-0.25, -0.2) is 9.18 Å².